The fraction of sp³-hybridized carbons (Fsp3) is 0.658. The molecule has 4 heterocycles. The van der Waals surface area contributed by atoms with Crippen LogP contribution in [0.2, 0.25) is 0 Å². The molecule has 0 radical (unpaired) electrons. The standard InChI is InChI=1S/C18H27N3O3.C10H20N2.C8H8FNO3.CH3F.CH2O3.2K.H/c1-14-12-17(21(22)23)18(24-2)13-16(14)20-10-6-15(7-11-20)19-8-4-3-5-9-19;1-2-8-12(9-3-1)10-4-6-11-7-5-10;1-5-3-7(10(11)12)8(13-2)4-6(5)9;1-2;2-1-4-3;;;/h12-13,15H,3-11H2,1-2H3;10-11H,1-9H2;3-4H,1-2H3;1H3;1,3H;;;/q;;;;;2*+1;-1/p-1/i;;;1D;;;;. The number of carbonyl (C=O) groups is 1. The molecule has 0 saturated carbocycles. The van der Waals surface area contributed by atoms with Gasteiger partial charge in [-0.3, -0.25) is 29.4 Å². The van der Waals surface area contributed by atoms with Crippen LogP contribution >= 0.6 is 0 Å². The third-order valence-corrected chi connectivity index (χ3v) is 10.3. The molecule has 1 N–H and O–H groups in total. The van der Waals surface area contributed by atoms with Crippen molar-refractivity contribution in [1.29, 1.82) is 0 Å². The number of hydrogen-bond acceptors (Lipinski definition) is 13. The zero-order valence-electron chi connectivity index (χ0n) is 36.6. The van der Waals surface area contributed by atoms with Gasteiger partial charge in [-0.2, -0.15) is 0 Å². The van der Waals surface area contributed by atoms with E-state index < -0.39 is 17.9 Å². The van der Waals surface area contributed by atoms with Crippen molar-refractivity contribution in [2.24, 2.45) is 0 Å². The number of hydrogen-bond donors (Lipinski definition) is 1. The molecule has 0 amide bonds. The number of nitrogens with one attached hydrogen (secondary N) is 1. The van der Waals surface area contributed by atoms with Gasteiger partial charge in [0, 0.05) is 55.1 Å². The minimum atomic E-state index is -1.00. The first-order valence-electron chi connectivity index (χ1n) is 19.5. The minimum Gasteiger partial charge on any atom is -1.00 e. The number of nitrogens with zero attached hydrogens (tertiary/aromatic N) is 5. The number of alkyl halides is 1. The first-order valence-corrected chi connectivity index (χ1v) is 18.8. The van der Waals surface area contributed by atoms with E-state index in [4.69, 9.17) is 16.2 Å². The number of carbonyl (C=O) groups excluding carboxylic acids is 1. The smallest absolute Gasteiger partial charge is 1.00 e. The number of benzene rings is 2. The second-order valence-corrected chi connectivity index (χ2v) is 13.7. The largest absolute Gasteiger partial charge is 1.00 e. The van der Waals surface area contributed by atoms with Crippen LogP contribution in [0, 0.1) is 39.9 Å². The number of anilines is 1. The van der Waals surface area contributed by atoms with Crippen molar-refractivity contribution in [2.45, 2.75) is 90.1 Å². The van der Waals surface area contributed by atoms with Crippen molar-refractivity contribution in [1.82, 2.24) is 15.1 Å². The van der Waals surface area contributed by atoms with Gasteiger partial charge in [0.05, 0.1) is 32.6 Å². The number of likely N-dealkylation sites (tertiary alicyclic amines) is 2. The third-order valence-electron chi connectivity index (χ3n) is 10.3. The molecule has 4 aliphatic heterocycles. The van der Waals surface area contributed by atoms with Gasteiger partial charge in [0.1, 0.15) is 5.82 Å². The Bertz CT molecular complexity index is 1470. The molecule has 2 aromatic carbocycles. The molecule has 0 spiro atoms. The van der Waals surface area contributed by atoms with Crippen LogP contribution in [0.15, 0.2) is 24.3 Å². The summed E-state index contributed by atoms with van der Waals surface area (Å²) in [7, 11) is 1.75. The molecule has 0 atom stereocenters. The predicted octanol–water partition coefficient (Wildman–Crippen LogP) is -0.217. The van der Waals surface area contributed by atoms with Gasteiger partial charge in [0.25, 0.3) is 6.47 Å². The molecular weight excluding hydrogens is 801 g/mol. The molecule has 2 aromatic rings. The maximum Gasteiger partial charge on any atom is 1.00 e. The van der Waals surface area contributed by atoms with Gasteiger partial charge in [-0.25, -0.2) is 4.39 Å². The van der Waals surface area contributed by atoms with Gasteiger partial charge in [-0.15, -0.1) is 0 Å². The Balaban J connectivity index is 0. The summed E-state index contributed by atoms with van der Waals surface area (Å²) in [5.74, 6) is -0.227. The van der Waals surface area contributed by atoms with Crippen molar-refractivity contribution in [3.63, 3.8) is 0 Å². The molecular formula is C38H60F2K2N6O9. The second-order valence-electron chi connectivity index (χ2n) is 13.7. The maximum atomic E-state index is 12.9. The van der Waals surface area contributed by atoms with Gasteiger partial charge in [0.15, 0.2) is 11.5 Å². The summed E-state index contributed by atoms with van der Waals surface area (Å²) in [5, 5.41) is 33.4. The molecule has 312 valence electrons. The van der Waals surface area contributed by atoms with Crippen LogP contribution in [0.25, 0.3) is 0 Å². The summed E-state index contributed by atoms with van der Waals surface area (Å²) in [6.07, 6.45) is 13.4. The Hall–Kier alpha value is -0.917. The zero-order valence-corrected chi connectivity index (χ0v) is 40.9. The molecule has 0 aromatic heterocycles. The van der Waals surface area contributed by atoms with Crippen LogP contribution in [-0.2, 0) is 9.68 Å². The van der Waals surface area contributed by atoms with Crippen molar-refractivity contribution in [2.75, 3.05) is 78.6 Å². The Morgan fingerprint density at radius 1 is 0.772 bits per heavy atom. The quantitative estimate of drug-likeness (QED) is 0.122. The molecule has 6 rings (SSSR count). The van der Waals surface area contributed by atoms with Crippen molar-refractivity contribution >= 4 is 23.5 Å². The van der Waals surface area contributed by atoms with E-state index in [1.54, 1.807) is 6.07 Å². The van der Waals surface area contributed by atoms with Crippen molar-refractivity contribution < 1.29 is 149 Å². The average molecular weight is 862 g/mol. The van der Waals surface area contributed by atoms with Crippen molar-refractivity contribution in [3.05, 3.63) is 61.4 Å². The van der Waals surface area contributed by atoms with Gasteiger partial charge in [0.2, 0.25) is 0 Å². The Morgan fingerprint density at radius 3 is 1.58 bits per heavy atom. The van der Waals surface area contributed by atoms with E-state index in [1.807, 2.05) is 13.0 Å². The van der Waals surface area contributed by atoms with E-state index in [9.17, 15) is 29.0 Å². The number of rotatable bonds is 8. The second kappa shape index (κ2) is 31.9. The van der Waals surface area contributed by atoms with E-state index in [-0.39, 0.29) is 138 Å². The van der Waals surface area contributed by atoms with Crippen LogP contribution in [0.1, 0.15) is 78.1 Å². The molecule has 4 saturated heterocycles. The zero-order chi connectivity index (χ0) is 41.5. The summed E-state index contributed by atoms with van der Waals surface area (Å²) >= 11 is 0. The summed E-state index contributed by atoms with van der Waals surface area (Å²) in [6, 6.07) is 7.22. The molecule has 0 bridgehead atoms. The Kier molecular flexibility index (Phi) is 30.3. The van der Waals surface area contributed by atoms with Gasteiger partial charge in [-0.1, -0.05) is 12.8 Å². The Labute approximate surface area is 423 Å². The molecule has 0 unspecified atom stereocenters. The fourth-order valence-electron chi connectivity index (χ4n) is 7.47. The van der Waals surface area contributed by atoms with Crippen LogP contribution in [0.5, 0.6) is 11.5 Å². The summed E-state index contributed by atoms with van der Waals surface area (Å²) in [4.78, 5) is 39.6. The molecule has 19 heteroatoms. The van der Waals surface area contributed by atoms with Crippen LogP contribution in [0.3, 0.4) is 0 Å². The number of halogens is 2. The van der Waals surface area contributed by atoms with Gasteiger partial charge in [-0.05, 0) is 116 Å². The first kappa shape index (κ1) is 54.1. The average Bonchev–Trinajstić information content (AvgIpc) is 3.23. The fourth-order valence-corrected chi connectivity index (χ4v) is 7.47. The number of methoxy groups -OCH3 is 2. The molecule has 4 fully saturated rings. The van der Waals surface area contributed by atoms with E-state index in [0.717, 1.165) is 42.5 Å². The van der Waals surface area contributed by atoms with Crippen LogP contribution in [0.4, 0.5) is 25.8 Å². The monoisotopic (exact) mass is 861 g/mol. The SMILES string of the molecule is C1CCN(C2CCNCC2)CC1.COc1cc(F)c(C)cc1[N+](=O)[O-].COc1cc(N2CCC(N3CCCCC3)CC2)c(C)cc1[N+](=O)[O-].O=CO[O-].[2H]CF.[H-].[K+].[K+]. The molecule has 4 aliphatic rings. The minimum absolute atomic E-state index is 0. The molecule has 57 heavy (non-hydrogen) atoms. The number of nitro groups is 2. The number of piperidine rings is 4. The maximum absolute atomic E-state index is 12.9. The number of aryl methyl sites for hydroxylation is 2. The van der Waals surface area contributed by atoms with Gasteiger partial charge < -0.3 is 41.1 Å². The topological polar surface area (TPSA) is 176 Å². The summed E-state index contributed by atoms with van der Waals surface area (Å²) in [6.45, 7) is 12.9. The first-order chi connectivity index (χ1) is 26.9. The van der Waals surface area contributed by atoms with E-state index in [1.165, 1.54) is 125 Å². The normalized spacial score (nSPS) is 17.5. The van der Waals surface area contributed by atoms with E-state index in [2.05, 4.69) is 29.6 Å². The van der Waals surface area contributed by atoms with Gasteiger partial charge >= 0.3 is 114 Å². The van der Waals surface area contributed by atoms with E-state index in [0.29, 0.717) is 11.8 Å². The number of nitro benzene ring substituents is 2. The summed E-state index contributed by atoms with van der Waals surface area (Å²) < 4.78 is 38.3. The van der Waals surface area contributed by atoms with Crippen LogP contribution < -0.4 is 128 Å². The van der Waals surface area contributed by atoms with Crippen molar-refractivity contribution in [3.8, 4) is 11.5 Å². The molecule has 15 nitrogen and oxygen atoms in total. The van der Waals surface area contributed by atoms with E-state index >= 15 is 0 Å². The third kappa shape index (κ3) is 19.1. The molecule has 0 aliphatic carbocycles. The van der Waals surface area contributed by atoms with Crippen LogP contribution in [-0.4, -0.2) is 112 Å². The number of ether oxygens (including phenoxy) is 2. The summed E-state index contributed by atoms with van der Waals surface area (Å²) in [5.41, 5.74) is 2.06. The predicted molar refractivity (Wildman–Crippen MR) is 206 cm³/mol. The Morgan fingerprint density at radius 2 is 1.18 bits per heavy atom.